The predicted molar refractivity (Wildman–Crippen MR) is 75.0 cm³/mol. The maximum absolute atomic E-state index is 5.83. The summed E-state index contributed by atoms with van der Waals surface area (Å²) in [6, 6.07) is 2.26. The van der Waals surface area contributed by atoms with Gasteiger partial charge in [0.25, 0.3) is 0 Å². The molecule has 0 aliphatic heterocycles. The van der Waals surface area contributed by atoms with E-state index in [2.05, 4.69) is 43.7 Å². The van der Waals surface area contributed by atoms with Crippen LogP contribution in [0, 0.1) is 0 Å². The summed E-state index contributed by atoms with van der Waals surface area (Å²) in [6.07, 6.45) is 0. The summed E-state index contributed by atoms with van der Waals surface area (Å²) in [5, 5.41) is 0. The van der Waals surface area contributed by atoms with Gasteiger partial charge in [0.1, 0.15) is 5.76 Å². The number of ether oxygens (including phenoxy) is 1. The fraction of sp³-hybridized carbons (Fsp3) is 0.636. The molecular weight excluding hydrogens is 352 g/mol. The topological polar surface area (TPSA) is 51.6 Å². The molecule has 2 atom stereocenters. The molecule has 0 fully saturated rings. The highest BCUT2D eigenvalue weighted by Crippen LogP contribution is 2.32. The van der Waals surface area contributed by atoms with Crippen LogP contribution in [0.15, 0.2) is 19.6 Å². The van der Waals surface area contributed by atoms with Crippen molar-refractivity contribution in [2.75, 3.05) is 27.3 Å². The summed E-state index contributed by atoms with van der Waals surface area (Å²) >= 11 is 6.74. The number of furan rings is 1. The van der Waals surface area contributed by atoms with Crippen LogP contribution in [-0.2, 0) is 4.74 Å². The highest BCUT2D eigenvalue weighted by atomic mass is 79.9. The fourth-order valence-electron chi connectivity index (χ4n) is 1.68. The minimum absolute atomic E-state index is 0.0442. The van der Waals surface area contributed by atoms with E-state index in [0.29, 0.717) is 17.8 Å². The quantitative estimate of drug-likeness (QED) is 0.837. The highest BCUT2D eigenvalue weighted by Gasteiger charge is 2.24. The van der Waals surface area contributed by atoms with E-state index in [9.17, 15) is 0 Å². The van der Waals surface area contributed by atoms with Gasteiger partial charge >= 0.3 is 0 Å². The summed E-state index contributed by atoms with van der Waals surface area (Å²) in [5.74, 6) is 0.844. The van der Waals surface area contributed by atoms with E-state index in [0.717, 1.165) is 10.2 Å². The van der Waals surface area contributed by atoms with Gasteiger partial charge in [-0.1, -0.05) is 0 Å². The van der Waals surface area contributed by atoms with Crippen LogP contribution in [-0.4, -0.2) is 38.3 Å². The summed E-state index contributed by atoms with van der Waals surface area (Å²) in [6.45, 7) is 3.26. The van der Waals surface area contributed by atoms with E-state index in [1.165, 1.54) is 0 Å². The lowest BCUT2D eigenvalue weighted by Crippen LogP contribution is -2.39. The first-order valence-electron chi connectivity index (χ1n) is 5.36. The average Bonchev–Trinajstić information content (AvgIpc) is 2.60. The second-order valence-electron chi connectivity index (χ2n) is 3.99. The lowest BCUT2D eigenvalue weighted by molar-refractivity contribution is 0.0838. The molecule has 4 nitrogen and oxygen atoms in total. The molecule has 0 spiro atoms. The number of rotatable bonds is 6. The lowest BCUT2D eigenvalue weighted by atomic mass is 10.1. The smallest absolute Gasteiger partial charge is 0.183 e. The molecule has 2 N–H and O–H groups in total. The van der Waals surface area contributed by atoms with Crippen LogP contribution in [0.25, 0.3) is 0 Å². The maximum atomic E-state index is 5.83. The van der Waals surface area contributed by atoms with Gasteiger partial charge in [0.15, 0.2) is 4.67 Å². The van der Waals surface area contributed by atoms with E-state index in [-0.39, 0.29) is 12.1 Å². The van der Waals surface area contributed by atoms with Crippen LogP contribution in [0.4, 0.5) is 0 Å². The summed E-state index contributed by atoms with van der Waals surface area (Å²) in [4.78, 5) is 2.15. The van der Waals surface area contributed by atoms with Crippen molar-refractivity contribution in [3.63, 3.8) is 0 Å². The SMILES string of the molecule is COCC(C)N(C)C(CN)c1cc(Br)c(Br)o1. The number of nitrogens with zero attached hydrogens (tertiary/aromatic N) is 1. The number of hydrogen-bond donors (Lipinski definition) is 1. The number of likely N-dealkylation sites (N-methyl/N-ethyl adjacent to an activating group) is 1. The minimum Gasteiger partial charge on any atom is -0.451 e. The van der Waals surface area contributed by atoms with Gasteiger partial charge in [0, 0.05) is 19.7 Å². The van der Waals surface area contributed by atoms with Crippen molar-refractivity contribution in [1.82, 2.24) is 4.90 Å². The molecule has 1 aromatic heterocycles. The zero-order valence-corrected chi connectivity index (χ0v) is 13.4. The Bertz CT molecular complexity index is 338. The van der Waals surface area contributed by atoms with Crippen LogP contribution >= 0.6 is 31.9 Å². The van der Waals surface area contributed by atoms with E-state index in [1.807, 2.05) is 13.1 Å². The van der Waals surface area contributed by atoms with Gasteiger partial charge in [-0.05, 0) is 51.9 Å². The Morgan fingerprint density at radius 2 is 2.18 bits per heavy atom. The third kappa shape index (κ3) is 3.79. The van der Waals surface area contributed by atoms with Crippen LogP contribution in [0.1, 0.15) is 18.7 Å². The molecule has 0 aliphatic carbocycles. The molecule has 1 aromatic rings. The first kappa shape index (κ1) is 15.2. The Morgan fingerprint density at radius 1 is 1.53 bits per heavy atom. The summed E-state index contributed by atoms with van der Waals surface area (Å²) in [5.41, 5.74) is 5.83. The Hall–Kier alpha value is 0.120. The molecule has 0 aliphatic rings. The standard InChI is InChI=1S/C11H18Br2N2O2/c1-7(6-16-3)15(2)9(5-14)10-4-8(12)11(13)17-10/h4,7,9H,5-6,14H2,1-3H3. The molecule has 0 radical (unpaired) electrons. The van der Waals surface area contributed by atoms with Gasteiger partial charge in [-0.25, -0.2) is 0 Å². The molecule has 17 heavy (non-hydrogen) atoms. The predicted octanol–water partition coefficient (Wildman–Crippen LogP) is 2.77. The lowest BCUT2D eigenvalue weighted by Gasteiger charge is -2.30. The van der Waals surface area contributed by atoms with Crippen LogP contribution in [0.5, 0.6) is 0 Å². The van der Waals surface area contributed by atoms with Crippen LogP contribution in [0.2, 0.25) is 0 Å². The van der Waals surface area contributed by atoms with Crippen LogP contribution < -0.4 is 5.73 Å². The normalized spacial score (nSPS) is 15.2. The van der Waals surface area contributed by atoms with Crippen molar-refractivity contribution in [2.45, 2.75) is 19.0 Å². The molecule has 0 aromatic carbocycles. The average molecular weight is 370 g/mol. The minimum atomic E-state index is 0.0442. The second-order valence-corrected chi connectivity index (χ2v) is 5.57. The molecule has 0 saturated carbocycles. The summed E-state index contributed by atoms with van der Waals surface area (Å²) < 4.78 is 12.4. The van der Waals surface area contributed by atoms with Crippen molar-refractivity contribution < 1.29 is 9.15 Å². The van der Waals surface area contributed by atoms with Crippen LogP contribution in [0.3, 0.4) is 0 Å². The van der Waals surface area contributed by atoms with Crippen molar-refractivity contribution in [3.8, 4) is 0 Å². The number of halogens is 2. The third-order valence-corrected chi connectivity index (χ3v) is 4.52. The van der Waals surface area contributed by atoms with Crippen molar-refractivity contribution >= 4 is 31.9 Å². The Morgan fingerprint density at radius 3 is 2.59 bits per heavy atom. The first-order valence-corrected chi connectivity index (χ1v) is 6.95. The number of hydrogen-bond acceptors (Lipinski definition) is 4. The molecule has 1 rings (SSSR count). The Labute approximate surface area is 119 Å². The molecule has 1 heterocycles. The first-order chi connectivity index (χ1) is 8.01. The van der Waals surface area contributed by atoms with E-state index >= 15 is 0 Å². The zero-order chi connectivity index (χ0) is 13.0. The molecule has 0 saturated heterocycles. The van der Waals surface area contributed by atoms with Crippen molar-refractivity contribution in [2.24, 2.45) is 5.73 Å². The molecular formula is C11H18Br2N2O2. The van der Waals surface area contributed by atoms with E-state index in [1.54, 1.807) is 7.11 Å². The third-order valence-electron chi connectivity index (χ3n) is 2.81. The Balaban J connectivity index is 2.83. The fourth-order valence-corrected chi connectivity index (χ4v) is 2.28. The number of nitrogens with two attached hydrogens (primary N) is 1. The zero-order valence-electron chi connectivity index (χ0n) is 10.2. The summed E-state index contributed by atoms with van der Waals surface area (Å²) in [7, 11) is 3.72. The van der Waals surface area contributed by atoms with Gasteiger partial charge in [-0.2, -0.15) is 0 Å². The van der Waals surface area contributed by atoms with Crippen molar-refractivity contribution in [3.05, 3.63) is 21.0 Å². The van der Waals surface area contributed by atoms with E-state index < -0.39 is 0 Å². The highest BCUT2D eigenvalue weighted by molar-refractivity contribution is 9.13. The Kier molecular flexibility index (Phi) is 6.16. The second kappa shape index (κ2) is 6.89. The number of methoxy groups -OCH3 is 1. The van der Waals surface area contributed by atoms with Gasteiger partial charge in [-0.15, -0.1) is 0 Å². The van der Waals surface area contributed by atoms with Gasteiger partial charge in [-0.3, -0.25) is 4.90 Å². The monoisotopic (exact) mass is 368 g/mol. The van der Waals surface area contributed by atoms with E-state index in [4.69, 9.17) is 14.9 Å². The molecule has 6 heteroatoms. The molecule has 98 valence electrons. The molecule has 0 bridgehead atoms. The van der Waals surface area contributed by atoms with Crippen molar-refractivity contribution in [1.29, 1.82) is 0 Å². The van der Waals surface area contributed by atoms with Gasteiger partial charge < -0.3 is 14.9 Å². The molecule has 2 unspecified atom stereocenters. The van der Waals surface area contributed by atoms with Gasteiger partial charge in [0.05, 0.1) is 17.1 Å². The van der Waals surface area contributed by atoms with Gasteiger partial charge in [0.2, 0.25) is 0 Å². The largest absolute Gasteiger partial charge is 0.451 e. The maximum Gasteiger partial charge on any atom is 0.183 e. The molecule has 0 amide bonds.